The van der Waals surface area contributed by atoms with Crippen LogP contribution in [0.5, 0.6) is 0 Å². The van der Waals surface area contributed by atoms with Crippen molar-refractivity contribution >= 4 is 44.1 Å². The Morgan fingerprint density at radius 2 is 2.13 bits per heavy atom. The number of carbonyl (C=O) groups excluding carboxylic acids is 1. The number of fused-ring (bicyclic) bond motifs is 2. The van der Waals surface area contributed by atoms with Crippen molar-refractivity contribution in [1.29, 1.82) is 0 Å². The number of benzene rings is 2. The molecule has 0 fully saturated rings. The van der Waals surface area contributed by atoms with E-state index in [-0.39, 0.29) is 5.91 Å². The lowest BCUT2D eigenvalue weighted by Gasteiger charge is -2.05. The van der Waals surface area contributed by atoms with E-state index in [1.165, 1.54) is 0 Å². The van der Waals surface area contributed by atoms with Crippen molar-refractivity contribution in [3.05, 3.63) is 59.2 Å². The van der Waals surface area contributed by atoms with Gasteiger partial charge in [0, 0.05) is 17.4 Å². The molecule has 5 heteroatoms. The number of nitrogens with zero attached hydrogens (tertiary/aromatic N) is 1. The third-order valence-corrected chi connectivity index (χ3v) is 4.70. The summed E-state index contributed by atoms with van der Waals surface area (Å²) in [6.45, 7) is 1.99. The first kappa shape index (κ1) is 14.0. The zero-order chi connectivity index (χ0) is 15.8. The fourth-order valence-corrected chi connectivity index (χ4v) is 3.59. The largest absolute Gasteiger partial charge is 0.361 e. The van der Waals surface area contributed by atoms with Gasteiger partial charge in [-0.05, 0) is 54.3 Å². The summed E-state index contributed by atoms with van der Waals surface area (Å²) in [5.41, 5.74) is 3.88. The van der Waals surface area contributed by atoms with Gasteiger partial charge in [-0.15, -0.1) is 11.3 Å². The zero-order valence-corrected chi connectivity index (χ0v) is 13.4. The van der Waals surface area contributed by atoms with Crippen LogP contribution in [-0.4, -0.2) is 15.9 Å². The Balaban J connectivity index is 1.51. The molecule has 114 valence electrons. The first-order valence-corrected chi connectivity index (χ1v) is 8.22. The highest BCUT2D eigenvalue weighted by molar-refractivity contribution is 7.18. The maximum absolute atomic E-state index is 12.3. The average Bonchev–Trinajstić information content (AvgIpc) is 3.11. The summed E-state index contributed by atoms with van der Waals surface area (Å²) in [6.07, 6.45) is 2.27. The molecular weight excluding hydrogens is 306 g/mol. The van der Waals surface area contributed by atoms with Gasteiger partial charge in [0.2, 0.25) is 5.91 Å². The fraction of sp³-hybridized carbons (Fsp3) is 0.111. The summed E-state index contributed by atoms with van der Waals surface area (Å²) in [5.74, 6) is -0.0135. The Hall–Kier alpha value is -2.66. The molecule has 0 unspecified atom stereocenters. The van der Waals surface area contributed by atoms with E-state index in [2.05, 4.69) is 15.3 Å². The van der Waals surface area contributed by atoms with E-state index in [1.807, 2.05) is 55.6 Å². The maximum Gasteiger partial charge on any atom is 0.228 e. The number of H-pyrrole nitrogens is 1. The van der Waals surface area contributed by atoms with E-state index in [1.54, 1.807) is 11.3 Å². The van der Waals surface area contributed by atoms with E-state index < -0.39 is 0 Å². The molecule has 23 heavy (non-hydrogen) atoms. The standard InChI is InChI=1S/C18H15N3OS/c1-11-20-16-5-3-14(10-17(16)23-11)21-18(22)9-12-2-4-15-13(8-12)6-7-19-15/h2-8,10,19H,9H2,1H3,(H,21,22). The molecular formula is C18H15N3OS. The lowest BCUT2D eigenvalue weighted by atomic mass is 10.1. The molecule has 4 nitrogen and oxygen atoms in total. The summed E-state index contributed by atoms with van der Waals surface area (Å²) < 4.78 is 1.09. The molecule has 0 saturated carbocycles. The molecule has 0 spiro atoms. The molecule has 4 rings (SSSR count). The second kappa shape index (κ2) is 5.52. The lowest BCUT2D eigenvalue weighted by molar-refractivity contribution is -0.115. The van der Waals surface area contributed by atoms with Gasteiger partial charge in [0.15, 0.2) is 0 Å². The minimum atomic E-state index is -0.0135. The van der Waals surface area contributed by atoms with Gasteiger partial charge in [-0.3, -0.25) is 4.79 Å². The Kier molecular flexibility index (Phi) is 3.35. The van der Waals surface area contributed by atoms with Crippen LogP contribution in [0.25, 0.3) is 21.1 Å². The lowest BCUT2D eigenvalue weighted by Crippen LogP contribution is -2.14. The predicted molar refractivity (Wildman–Crippen MR) is 95.0 cm³/mol. The number of thiazole rings is 1. The number of aromatic nitrogens is 2. The number of hydrogen-bond acceptors (Lipinski definition) is 3. The number of nitrogens with one attached hydrogen (secondary N) is 2. The first-order chi connectivity index (χ1) is 11.2. The van der Waals surface area contributed by atoms with Gasteiger partial charge in [-0.1, -0.05) is 6.07 Å². The van der Waals surface area contributed by atoms with Gasteiger partial charge in [-0.25, -0.2) is 4.98 Å². The minimum absolute atomic E-state index is 0.0135. The molecule has 2 aromatic carbocycles. The molecule has 0 aliphatic rings. The van der Waals surface area contributed by atoms with Crippen molar-refractivity contribution < 1.29 is 4.79 Å². The number of aryl methyl sites for hydroxylation is 1. The number of rotatable bonds is 3. The van der Waals surface area contributed by atoms with Crippen LogP contribution in [0.2, 0.25) is 0 Å². The Labute approximate surface area is 137 Å². The number of amides is 1. The molecule has 0 saturated heterocycles. The third kappa shape index (κ3) is 2.83. The monoisotopic (exact) mass is 321 g/mol. The number of aromatic amines is 1. The van der Waals surface area contributed by atoms with Gasteiger partial charge in [0.25, 0.3) is 0 Å². The van der Waals surface area contributed by atoms with Crippen LogP contribution in [0.3, 0.4) is 0 Å². The predicted octanol–water partition coefficient (Wildman–Crippen LogP) is 4.27. The van der Waals surface area contributed by atoms with Crippen LogP contribution in [0, 0.1) is 6.92 Å². The van der Waals surface area contributed by atoms with Crippen LogP contribution in [-0.2, 0) is 11.2 Å². The van der Waals surface area contributed by atoms with Crippen LogP contribution < -0.4 is 5.32 Å². The normalized spacial score (nSPS) is 11.2. The second-order valence-corrected chi connectivity index (χ2v) is 6.77. The molecule has 0 aliphatic heterocycles. The molecule has 2 aromatic heterocycles. The quantitative estimate of drug-likeness (QED) is 0.592. The van der Waals surface area contributed by atoms with Crippen molar-refractivity contribution in [3.63, 3.8) is 0 Å². The Morgan fingerprint density at radius 1 is 1.22 bits per heavy atom. The molecule has 0 bridgehead atoms. The van der Waals surface area contributed by atoms with Gasteiger partial charge >= 0.3 is 0 Å². The van der Waals surface area contributed by atoms with Gasteiger partial charge in [0.1, 0.15) is 0 Å². The molecule has 1 amide bonds. The molecule has 0 atom stereocenters. The minimum Gasteiger partial charge on any atom is -0.361 e. The molecule has 0 aliphatic carbocycles. The number of hydrogen-bond donors (Lipinski definition) is 2. The van der Waals surface area contributed by atoms with Crippen molar-refractivity contribution in [1.82, 2.24) is 9.97 Å². The molecule has 4 aromatic rings. The summed E-state index contributed by atoms with van der Waals surface area (Å²) in [6, 6.07) is 13.9. The second-order valence-electron chi connectivity index (χ2n) is 5.54. The summed E-state index contributed by atoms with van der Waals surface area (Å²) in [5, 5.41) is 5.12. The van der Waals surface area contributed by atoms with Gasteiger partial charge in [-0.2, -0.15) is 0 Å². The van der Waals surface area contributed by atoms with E-state index in [0.29, 0.717) is 6.42 Å². The van der Waals surface area contributed by atoms with Gasteiger partial charge in [0.05, 0.1) is 21.6 Å². The van der Waals surface area contributed by atoms with Crippen molar-refractivity contribution in [2.75, 3.05) is 5.32 Å². The number of anilines is 1. The highest BCUT2D eigenvalue weighted by atomic mass is 32.1. The SMILES string of the molecule is Cc1nc2ccc(NC(=O)Cc3ccc4[nH]ccc4c3)cc2s1. The van der Waals surface area contributed by atoms with Gasteiger partial charge < -0.3 is 10.3 Å². The maximum atomic E-state index is 12.3. The Morgan fingerprint density at radius 3 is 3.04 bits per heavy atom. The van der Waals surface area contributed by atoms with Crippen LogP contribution >= 0.6 is 11.3 Å². The third-order valence-electron chi connectivity index (χ3n) is 3.76. The Bertz CT molecular complexity index is 1020. The fourth-order valence-electron chi connectivity index (χ4n) is 2.72. The van der Waals surface area contributed by atoms with E-state index in [0.717, 1.165) is 37.4 Å². The molecule has 0 radical (unpaired) electrons. The van der Waals surface area contributed by atoms with Crippen molar-refractivity contribution in [2.45, 2.75) is 13.3 Å². The summed E-state index contributed by atoms with van der Waals surface area (Å²) in [7, 11) is 0. The number of carbonyl (C=O) groups is 1. The topological polar surface area (TPSA) is 57.8 Å². The zero-order valence-electron chi connectivity index (χ0n) is 12.6. The van der Waals surface area contributed by atoms with Crippen molar-refractivity contribution in [3.8, 4) is 0 Å². The summed E-state index contributed by atoms with van der Waals surface area (Å²) >= 11 is 1.63. The van der Waals surface area contributed by atoms with E-state index in [9.17, 15) is 4.79 Å². The van der Waals surface area contributed by atoms with Crippen LogP contribution in [0.15, 0.2) is 48.7 Å². The highest BCUT2D eigenvalue weighted by Gasteiger charge is 2.07. The van der Waals surface area contributed by atoms with Crippen LogP contribution in [0.1, 0.15) is 10.6 Å². The molecule has 2 heterocycles. The highest BCUT2D eigenvalue weighted by Crippen LogP contribution is 2.25. The van der Waals surface area contributed by atoms with E-state index in [4.69, 9.17) is 0 Å². The van der Waals surface area contributed by atoms with Crippen LogP contribution in [0.4, 0.5) is 5.69 Å². The van der Waals surface area contributed by atoms with E-state index >= 15 is 0 Å². The summed E-state index contributed by atoms with van der Waals surface area (Å²) in [4.78, 5) is 19.8. The molecule has 2 N–H and O–H groups in total. The smallest absolute Gasteiger partial charge is 0.228 e. The average molecular weight is 321 g/mol. The first-order valence-electron chi connectivity index (χ1n) is 7.40. The van der Waals surface area contributed by atoms with Crippen molar-refractivity contribution in [2.24, 2.45) is 0 Å².